The minimum Gasteiger partial charge on any atom is -0.487 e. The van der Waals surface area contributed by atoms with Gasteiger partial charge in [-0.25, -0.2) is 4.39 Å². The Morgan fingerprint density at radius 1 is 1.13 bits per heavy atom. The summed E-state index contributed by atoms with van der Waals surface area (Å²) >= 11 is 6.91. The monoisotopic (exact) mass is 530 g/mol. The van der Waals surface area contributed by atoms with Crippen molar-refractivity contribution in [1.29, 1.82) is 5.26 Å². The Morgan fingerprint density at radius 3 is 2.47 bits per heavy atom. The van der Waals surface area contributed by atoms with Gasteiger partial charge in [-0.3, -0.25) is 10.1 Å². The minimum absolute atomic E-state index is 0.00361. The van der Waals surface area contributed by atoms with Crippen LogP contribution in [0.4, 0.5) is 10.1 Å². The molecule has 0 heterocycles. The van der Waals surface area contributed by atoms with E-state index in [9.17, 15) is 19.8 Å². The maximum atomic E-state index is 13.5. The summed E-state index contributed by atoms with van der Waals surface area (Å²) in [5.41, 5.74) is 2.16. The molecule has 3 rings (SSSR count). The fourth-order valence-electron chi connectivity index (χ4n) is 2.72. The van der Waals surface area contributed by atoms with Gasteiger partial charge in [0.25, 0.3) is 5.69 Å². The smallest absolute Gasteiger partial charge is 0.269 e. The standard InChI is InChI=1S/C22H13Br2FN2O3/c23-20-9-15(7-17(12-26)16-4-2-5-18(25)11-16)10-21(24)22(20)30-13-14-3-1-6-19(8-14)27(28)29/h1-11H,13H2/b17-7-. The Bertz CT molecular complexity index is 1170. The van der Waals surface area contributed by atoms with Gasteiger partial charge in [-0.05, 0) is 78.9 Å². The molecule has 0 aliphatic rings. The zero-order valence-corrected chi connectivity index (χ0v) is 18.5. The van der Waals surface area contributed by atoms with E-state index in [1.54, 1.807) is 42.5 Å². The third-order valence-corrected chi connectivity index (χ3v) is 5.27. The molecule has 0 saturated carbocycles. The average Bonchev–Trinajstić information content (AvgIpc) is 2.71. The number of non-ortho nitro benzene ring substituents is 1. The molecule has 3 aromatic rings. The third-order valence-electron chi connectivity index (χ3n) is 4.09. The van der Waals surface area contributed by atoms with E-state index in [0.717, 1.165) is 0 Å². The first-order valence-corrected chi connectivity index (χ1v) is 10.2. The third kappa shape index (κ3) is 5.32. The summed E-state index contributed by atoms with van der Waals surface area (Å²) in [6.45, 7) is 0.140. The van der Waals surface area contributed by atoms with E-state index in [0.29, 0.717) is 37.0 Å². The van der Waals surface area contributed by atoms with Crippen LogP contribution in [0.3, 0.4) is 0 Å². The lowest BCUT2D eigenvalue weighted by Crippen LogP contribution is -1.98. The zero-order valence-electron chi connectivity index (χ0n) is 15.3. The second-order valence-corrected chi connectivity index (χ2v) is 7.92. The Labute approximate surface area is 188 Å². The Balaban J connectivity index is 1.84. The lowest BCUT2D eigenvalue weighted by atomic mass is 10.0. The van der Waals surface area contributed by atoms with Gasteiger partial charge in [0.05, 0.1) is 25.5 Å². The van der Waals surface area contributed by atoms with Crippen LogP contribution in [0, 0.1) is 27.3 Å². The Hall–Kier alpha value is -3.02. The highest BCUT2D eigenvalue weighted by Gasteiger charge is 2.12. The molecule has 8 heteroatoms. The molecule has 0 amide bonds. The fraction of sp³-hybridized carbons (Fsp3) is 0.0455. The van der Waals surface area contributed by atoms with E-state index in [1.807, 2.05) is 0 Å². The molecule has 150 valence electrons. The summed E-state index contributed by atoms with van der Waals surface area (Å²) in [4.78, 5) is 10.5. The van der Waals surface area contributed by atoms with Crippen molar-refractivity contribution < 1.29 is 14.1 Å². The molecule has 0 aliphatic carbocycles. The fourth-order valence-corrected chi connectivity index (χ4v) is 4.17. The number of ether oxygens (including phenoxy) is 1. The van der Waals surface area contributed by atoms with E-state index in [4.69, 9.17) is 4.74 Å². The Kier molecular flexibility index (Phi) is 6.98. The summed E-state index contributed by atoms with van der Waals surface area (Å²) in [5, 5.41) is 20.4. The van der Waals surface area contributed by atoms with Crippen molar-refractivity contribution in [1.82, 2.24) is 0 Å². The van der Waals surface area contributed by atoms with Gasteiger partial charge in [0.2, 0.25) is 0 Å². The van der Waals surface area contributed by atoms with Crippen molar-refractivity contribution in [3.05, 3.63) is 102 Å². The number of benzene rings is 3. The van der Waals surface area contributed by atoms with Gasteiger partial charge in [0.1, 0.15) is 18.2 Å². The van der Waals surface area contributed by atoms with E-state index < -0.39 is 10.7 Å². The van der Waals surface area contributed by atoms with Crippen molar-refractivity contribution in [3.8, 4) is 11.8 Å². The topological polar surface area (TPSA) is 76.2 Å². The predicted octanol–water partition coefficient (Wildman–Crippen LogP) is 6.90. The number of nitriles is 1. The van der Waals surface area contributed by atoms with Crippen LogP contribution in [0.2, 0.25) is 0 Å². The molecule has 0 radical (unpaired) electrons. The van der Waals surface area contributed by atoms with Gasteiger partial charge < -0.3 is 4.74 Å². The molecular formula is C22H13Br2FN2O3. The summed E-state index contributed by atoms with van der Waals surface area (Å²) < 4.78 is 20.6. The number of nitrogens with zero attached hydrogens (tertiary/aromatic N) is 2. The molecule has 5 nitrogen and oxygen atoms in total. The number of hydrogen-bond donors (Lipinski definition) is 0. The van der Waals surface area contributed by atoms with E-state index in [1.165, 1.54) is 24.3 Å². The van der Waals surface area contributed by atoms with Crippen LogP contribution in [0.15, 0.2) is 69.6 Å². The molecule has 0 atom stereocenters. The number of hydrogen-bond acceptors (Lipinski definition) is 4. The van der Waals surface area contributed by atoms with Gasteiger partial charge >= 0.3 is 0 Å². The van der Waals surface area contributed by atoms with Crippen LogP contribution < -0.4 is 4.74 Å². The van der Waals surface area contributed by atoms with Crippen molar-refractivity contribution in [3.63, 3.8) is 0 Å². The molecule has 30 heavy (non-hydrogen) atoms. The molecule has 0 N–H and O–H groups in total. The second kappa shape index (κ2) is 9.65. The number of nitro groups is 1. The number of halogens is 3. The summed E-state index contributed by atoms with van der Waals surface area (Å²) in [7, 11) is 0. The summed E-state index contributed by atoms with van der Waals surface area (Å²) in [6.07, 6.45) is 1.65. The first kappa shape index (κ1) is 21.7. The summed E-state index contributed by atoms with van der Waals surface area (Å²) in [5.74, 6) is 0.101. The van der Waals surface area contributed by atoms with Crippen molar-refractivity contribution in [2.24, 2.45) is 0 Å². The minimum atomic E-state index is -0.457. The molecule has 0 aliphatic heterocycles. The van der Waals surface area contributed by atoms with Crippen molar-refractivity contribution in [2.75, 3.05) is 0 Å². The van der Waals surface area contributed by atoms with Crippen LogP contribution in [-0.4, -0.2) is 4.92 Å². The molecular weight excluding hydrogens is 519 g/mol. The second-order valence-electron chi connectivity index (χ2n) is 6.21. The molecule has 0 saturated heterocycles. The quantitative estimate of drug-likeness (QED) is 0.150. The maximum Gasteiger partial charge on any atom is 0.269 e. The van der Waals surface area contributed by atoms with E-state index >= 15 is 0 Å². The van der Waals surface area contributed by atoms with Crippen LogP contribution in [-0.2, 0) is 6.61 Å². The van der Waals surface area contributed by atoms with Crippen LogP contribution in [0.5, 0.6) is 5.75 Å². The number of nitro benzene ring substituents is 1. The van der Waals surface area contributed by atoms with Crippen molar-refractivity contribution >= 4 is 49.2 Å². The highest BCUT2D eigenvalue weighted by Crippen LogP contribution is 2.36. The largest absolute Gasteiger partial charge is 0.487 e. The lowest BCUT2D eigenvalue weighted by Gasteiger charge is -2.12. The van der Waals surface area contributed by atoms with Crippen LogP contribution >= 0.6 is 31.9 Å². The van der Waals surface area contributed by atoms with Crippen LogP contribution in [0.1, 0.15) is 16.7 Å². The van der Waals surface area contributed by atoms with Gasteiger partial charge in [-0.2, -0.15) is 5.26 Å². The van der Waals surface area contributed by atoms with Gasteiger partial charge in [-0.1, -0.05) is 24.3 Å². The molecule has 3 aromatic carbocycles. The van der Waals surface area contributed by atoms with E-state index in [2.05, 4.69) is 37.9 Å². The van der Waals surface area contributed by atoms with E-state index in [-0.39, 0.29) is 12.3 Å². The van der Waals surface area contributed by atoms with Gasteiger partial charge in [0.15, 0.2) is 0 Å². The number of allylic oxidation sites excluding steroid dienone is 1. The zero-order chi connectivity index (χ0) is 21.7. The first-order chi connectivity index (χ1) is 14.4. The first-order valence-electron chi connectivity index (χ1n) is 8.60. The van der Waals surface area contributed by atoms with Gasteiger partial charge in [-0.15, -0.1) is 0 Å². The molecule has 0 bridgehead atoms. The molecule has 0 aromatic heterocycles. The summed E-state index contributed by atoms with van der Waals surface area (Å²) in [6, 6.07) is 17.7. The van der Waals surface area contributed by atoms with Gasteiger partial charge in [0, 0.05) is 12.1 Å². The van der Waals surface area contributed by atoms with Crippen molar-refractivity contribution in [2.45, 2.75) is 6.61 Å². The highest BCUT2D eigenvalue weighted by atomic mass is 79.9. The lowest BCUT2D eigenvalue weighted by molar-refractivity contribution is -0.384. The number of rotatable bonds is 6. The SMILES string of the molecule is N#C/C(=C/c1cc(Br)c(OCc2cccc([N+](=O)[O-])c2)c(Br)c1)c1cccc(F)c1. The molecule has 0 fully saturated rings. The Morgan fingerprint density at radius 2 is 1.83 bits per heavy atom. The maximum absolute atomic E-state index is 13.5. The average molecular weight is 532 g/mol. The normalized spacial score (nSPS) is 11.1. The highest BCUT2D eigenvalue weighted by molar-refractivity contribution is 9.11. The predicted molar refractivity (Wildman–Crippen MR) is 119 cm³/mol. The molecule has 0 spiro atoms. The molecule has 0 unspecified atom stereocenters. The van der Waals surface area contributed by atoms with Crippen LogP contribution in [0.25, 0.3) is 11.6 Å².